The highest BCUT2D eigenvalue weighted by atomic mass is 19.1. The zero-order valence-corrected chi connectivity index (χ0v) is 18.7. The maximum atomic E-state index is 13.9. The number of piperazine rings is 1. The van der Waals surface area contributed by atoms with Gasteiger partial charge in [-0.2, -0.15) is 4.39 Å². The van der Waals surface area contributed by atoms with Gasteiger partial charge in [-0.05, 0) is 32.3 Å². The fourth-order valence-corrected chi connectivity index (χ4v) is 5.53. The first-order chi connectivity index (χ1) is 16.0. The molecular weight excluding hydrogens is 430 g/mol. The van der Waals surface area contributed by atoms with Crippen molar-refractivity contribution in [1.29, 1.82) is 0 Å². The minimum absolute atomic E-state index is 0.200. The molecule has 8 nitrogen and oxygen atoms in total. The summed E-state index contributed by atoms with van der Waals surface area (Å²) in [5.74, 6) is 0.212. The van der Waals surface area contributed by atoms with Gasteiger partial charge in [0, 0.05) is 74.2 Å². The largest absolute Gasteiger partial charge is 0.450 e. The first-order valence-corrected chi connectivity index (χ1v) is 11.5. The van der Waals surface area contributed by atoms with E-state index < -0.39 is 11.9 Å². The molecule has 4 heterocycles. The molecule has 1 atom stereocenters. The number of carbonyl (C=O) groups excluding carboxylic acids is 1. The molecule has 1 aliphatic carbocycles. The molecule has 5 rings (SSSR count). The number of likely N-dealkylation sites (tertiary alicyclic amines) is 1. The van der Waals surface area contributed by atoms with Crippen molar-refractivity contribution < 1.29 is 18.3 Å². The third-order valence-corrected chi connectivity index (χ3v) is 7.15. The second kappa shape index (κ2) is 8.81. The molecule has 176 valence electrons. The second-order valence-corrected chi connectivity index (χ2v) is 9.24. The summed E-state index contributed by atoms with van der Waals surface area (Å²) in [6, 6.07) is 1.92. The molecule has 33 heavy (non-hydrogen) atoms. The van der Waals surface area contributed by atoms with Crippen molar-refractivity contribution >= 4 is 11.9 Å². The maximum Gasteiger partial charge on any atom is 0.409 e. The van der Waals surface area contributed by atoms with E-state index in [2.05, 4.69) is 24.8 Å². The molecule has 0 aromatic carbocycles. The molecule has 2 saturated heterocycles. The van der Waals surface area contributed by atoms with Crippen LogP contribution in [0.5, 0.6) is 0 Å². The monoisotopic (exact) mass is 458 g/mol. The van der Waals surface area contributed by atoms with Gasteiger partial charge in [-0.3, -0.25) is 4.90 Å². The van der Waals surface area contributed by atoms with E-state index in [1.54, 1.807) is 0 Å². The fraction of sp³-hybridized carbons (Fsp3) is 0.565. The van der Waals surface area contributed by atoms with Crippen LogP contribution in [0, 0.1) is 17.3 Å². The predicted octanol–water partition coefficient (Wildman–Crippen LogP) is 2.95. The Hall–Kier alpha value is -2.88. The highest BCUT2D eigenvalue weighted by Crippen LogP contribution is 2.47. The molecule has 1 saturated carbocycles. The average molecular weight is 459 g/mol. The molecule has 1 amide bonds. The number of anilines is 1. The molecular formula is C23H28F2N6O2. The number of rotatable bonds is 4. The summed E-state index contributed by atoms with van der Waals surface area (Å²) < 4.78 is 32.2. The van der Waals surface area contributed by atoms with Crippen LogP contribution < -0.4 is 4.90 Å². The molecule has 3 aliphatic rings. The van der Waals surface area contributed by atoms with E-state index in [4.69, 9.17) is 4.74 Å². The van der Waals surface area contributed by atoms with Gasteiger partial charge in [0.15, 0.2) is 0 Å². The Balaban J connectivity index is 1.20. The predicted molar refractivity (Wildman–Crippen MR) is 118 cm³/mol. The normalized spacial score (nSPS) is 22.5. The van der Waals surface area contributed by atoms with Crippen molar-refractivity contribution in [2.24, 2.45) is 5.41 Å². The zero-order chi connectivity index (χ0) is 23.0. The van der Waals surface area contributed by atoms with Gasteiger partial charge in [0.1, 0.15) is 11.6 Å². The van der Waals surface area contributed by atoms with Crippen LogP contribution in [-0.2, 0) is 4.74 Å². The lowest BCUT2D eigenvalue weighted by molar-refractivity contribution is -0.00294. The number of aromatic nitrogens is 3. The van der Waals surface area contributed by atoms with Gasteiger partial charge in [-0.15, -0.1) is 0 Å². The van der Waals surface area contributed by atoms with Crippen molar-refractivity contribution in [3.8, 4) is 11.1 Å². The van der Waals surface area contributed by atoms with Gasteiger partial charge < -0.3 is 14.5 Å². The van der Waals surface area contributed by atoms with Crippen LogP contribution in [-0.4, -0.2) is 82.8 Å². The van der Waals surface area contributed by atoms with Crippen LogP contribution in [0.25, 0.3) is 11.1 Å². The topological polar surface area (TPSA) is 74.7 Å². The number of halogens is 2. The molecule has 0 bridgehead atoms. The van der Waals surface area contributed by atoms with E-state index in [0.717, 1.165) is 58.5 Å². The van der Waals surface area contributed by atoms with Gasteiger partial charge in [-0.1, -0.05) is 0 Å². The van der Waals surface area contributed by atoms with Crippen LogP contribution in [0.15, 0.2) is 24.7 Å². The van der Waals surface area contributed by atoms with Crippen LogP contribution >= 0.6 is 0 Å². The summed E-state index contributed by atoms with van der Waals surface area (Å²) >= 11 is 0. The first kappa shape index (κ1) is 21.9. The van der Waals surface area contributed by atoms with E-state index in [1.165, 1.54) is 24.7 Å². The van der Waals surface area contributed by atoms with Gasteiger partial charge in [0.25, 0.3) is 0 Å². The highest BCUT2D eigenvalue weighted by Gasteiger charge is 2.51. The van der Waals surface area contributed by atoms with Gasteiger partial charge in [0.05, 0.1) is 12.8 Å². The Kier molecular flexibility index (Phi) is 5.86. The SMILES string of the molecule is CCOC(=O)N1CC2(CC[C@@H](N3CCN(c4ncc(F)cc4-c4cnc(F)nc4)CC3)C2)C1. The van der Waals surface area contributed by atoms with E-state index in [0.29, 0.717) is 29.6 Å². The molecule has 1 spiro atoms. The molecule has 3 fully saturated rings. The van der Waals surface area contributed by atoms with Crippen molar-refractivity contribution in [2.75, 3.05) is 50.8 Å². The maximum absolute atomic E-state index is 13.9. The Morgan fingerprint density at radius 1 is 1.12 bits per heavy atom. The molecule has 0 N–H and O–H groups in total. The number of hydrogen-bond donors (Lipinski definition) is 0. The Labute approximate surface area is 191 Å². The van der Waals surface area contributed by atoms with Crippen LogP contribution in [0.4, 0.5) is 19.4 Å². The standard InChI is InChI=1S/C23H28F2N6O2/c1-2-33-22(32)31-14-23(15-31)4-3-18(10-23)29-5-7-30(8-6-29)20-19(9-17(24)13-26-20)16-11-27-21(25)28-12-16/h9,11-13,18H,2-8,10,14-15H2,1H3/t18-/m1/s1. The summed E-state index contributed by atoms with van der Waals surface area (Å²) in [6.07, 6.45) is 6.30. The first-order valence-electron chi connectivity index (χ1n) is 11.5. The molecule has 0 radical (unpaired) electrons. The zero-order valence-electron chi connectivity index (χ0n) is 18.7. The van der Waals surface area contributed by atoms with Crippen molar-refractivity contribution in [1.82, 2.24) is 24.8 Å². The van der Waals surface area contributed by atoms with Gasteiger partial charge in [-0.25, -0.2) is 24.1 Å². The van der Waals surface area contributed by atoms with Gasteiger partial charge in [0.2, 0.25) is 0 Å². The van der Waals surface area contributed by atoms with E-state index in [1.807, 2.05) is 11.8 Å². The summed E-state index contributed by atoms with van der Waals surface area (Å²) in [6.45, 7) is 7.15. The third-order valence-electron chi connectivity index (χ3n) is 7.15. The van der Waals surface area contributed by atoms with Crippen LogP contribution in [0.3, 0.4) is 0 Å². The minimum atomic E-state index is -0.815. The summed E-state index contributed by atoms with van der Waals surface area (Å²) in [7, 11) is 0. The smallest absolute Gasteiger partial charge is 0.409 e. The number of pyridine rings is 1. The van der Waals surface area contributed by atoms with E-state index in [-0.39, 0.29) is 11.5 Å². The molecule has 2 aliphatic heterocycles. The van der Waals surface area contributed by atoms with Crippen LogP contribution in [0.2, 0.25) is 0 Å². The van der Waals surface area contributed by atoms with Crippen LogP contribution in [0.1, 0.15) is 26.2 Å². The third kappa shape index (κ3) is 4.36. The highest BCUT2D eigenvalue weighted by molar-refractivity contribution is 5.75. The lowest BCUT2D eigenvalue weighted by Crippen LogP contribution is -2.58. The molecule has 0 unspecified atom stereocenters. The lowest BCUT2D eigenvalue weighted by Gasteiger charge is -2.48. The Morgan fingerprint density at radius 2 is 1.85 bits per heavy atom. The quantitative estimate of drug-likeness (QED) is 0.652. The summed E-state index contributed by atoms with van der Waals surface area (Å²) in [4.78, 5) is 30.0. The molecule has 2 aromatic heterocycles. The number of amides is 1. The Morgan fingerprint density at radius 3 is 2.55 bits per heavy atom. The van der Waals surface area contributed by atoms with Crippen molar-refractivity contribution in [3.63, 3.8) is 0 Å². The second-order valence-electron chi connectivity index (χ2n) is 9.24. The Bertz CT molecular complexity index is 1010. The van der Waals surface area contributed by atoms with E-state index >= 15 is 0 Å². The number of hydrogen-bond acceptors (Lipinski definition) is 7. The lowest BCUT2D eigenvalue weighted by atomic mass is 9.78. The van der Waals surface area contributed by atoms with E-state index in [9.17, 15) is 13.6 Å². The van der Waals surface area contributed by atoms with Crippen molar-refractivity contribution in [2.45, 2.75) is 32.2 Å². The van der Waals surface area contributed by atoms with Crippen molar-refractivity contribution in [3.05, 3.63) is 36.6 Å². The average Bonchev–Trinajstić information content (AvgIpc) is 3.25. The minimum Gasteiger partial charge on any atom is -0.450 e. The number of carbonyl (C=O) groups is 1. The van der Waals surface area contributed by atoms with Gasteiger partial charge >= 0.3 is 12.2 Å². The molecule has 2 aromatic rings. The molecule has 10 heteroatoms. The number of nitrogens with zero attached hydrogens (tertiary/aromatic N) is 6. The fourth-order valence-electron chi connectivity index (χ4n) is 5.53. The summed E-state index contributed by atoms with van der Waals surface area (Å²) in [5, 5.41) is 0. The number of ether oxygens (including phenoxy) is 1. The summed E-state index contributed by atoms with van der Waals surface area (Å²) in [5.41, 5.74) is 1.34.